The molecule has 1 saturated heterocycles. The van der Waals surface area contributed by atoms with Crippen LogP contribution >= 0.6 is 0 Å². The number of carbonyl (C=O) groups is 1. The summed E-state index contributed by atoms with van der Waals surface area (Å²) in [4.78, 5) is 14.5. The highest BCUT2D eigenvalue weighted by Crippen LogP contribution is 2.39. The van der Waals surface area contributed by atoms with Crippen LogP contribution in [0.1, 0.15) is 30.4 Å². The van der Waals surface area contributed by atoms with Crippen molar-refractivity contribution >= 4 is 6.03 Å². The molecule has 1 N–H and O–H groups in total. The molecule has 6 heteroatoms. The maximum absolute atomic E-state index is 12.6. The van der Waals surface area contributed by atoms with E-state index in [4.69, 9.17) is 14.2 Å². The lowest BCUT2D eigenvalue weighted by Gasteiger charge is -2.44. The minimum absolute atomic E-state index is 0.0363. The molecule has 29 heavy (non-hydrogen) atoms. The fourth-order valence-electron chi connectivity index (χ4n) is 4.21. The number of urea groups is 1. The molecule has 0 radical (unpaired) electrons. The lowest BCUT2D eigenvalue weighted by atomic mass is 9.83. The molecule has 0 atom stereocenters. The van der Waals surface area contributed by atoms with Gasteiger partial charge in [-0.25, -0.2) is 4.79 Å². The Labute approximate surface area is 171 Å². The average Bonchev–Trinajstić information content (AvgIpc) is 2.77. The second-order valence-corrected chi connectivity index (χ2v) is 7.73. The number of hydrogen-bond donors (Lipinski definition) is 1. The Bertz CT molecular complexity index is 875. The third-order valence-corrected chi connectivity index (χ3v) is 6.00. The van der Waals surface area contributed by atoms with E-state index in [0.29, 0.717) is 31.1 Å². The van der Waals surface area contributed by atoms with E-state index in [9.17, 15) is 4.79 Å². The SMILES string of the molecule is COc1ccc(CNC(=O)N2CCC3(CCc4ccccc4O3)CC2)cc1OC. The van der Waals surface area contributed by atoms with Gasteiger partial charge in [0, 0.05) is 32.5 Å². The zero-order chi connectivity index (χ0) is 20.3. The topological polar surface area (TPSA) is 60.0 Å². The molecule has 2 aliphatic heterocycles. The highest BCUT2D eigenvalue weighted by Gasteiger charge is 2.40. The average molecular weight is 396 g/mol. The lowest BCUT2D eigenvalue weighted by Crippen LogP contribution is -2.53. The highest BCUT2D eigenvalue weighted by molar-refractivity contribution is 5.74. The van der Waals surface area contributed by atoms with Crippen LogP contribution in [0.25, 0.3) is 0 Å². The van der Waals surface area contributed by atoms with Crippen molar-refractivity contribution in [1.82, 2.24) is 10.2 Å². The van der Waals surface area contributed by atoms with Gasteiger partial charge in [0.1, 0.15) is 11.4 Å². The van der Waals surface area contributed by atoms with Crippen LogP contribution in [0.2, 0.25) is 0 Å². The van der Waals surface area contributed by atoms with E-state index < -0.39 is 0 Å². The molecule has 0 saturated carbocycles. The van der Waals surface area contributed by atoms with Crippen molar-refractivity contribution in [2.45, 2.75) is 37.8 Å². The molecule has 154 valence electrons. The molecule has 2 heterocycles. The number of rotatable bonds is 4. The summed E-state index contributed by atoms with van der Waals surface area (Å²) in [6, 6.07) is 13.9. The zero-order valence-electron chi connectivity index (χ0n) is 17.1. The summed E-state index contributed by atoms with van der Waals surface area (Å²) >= 11 is 0. The number of amides is 2. The number of nitrogens with zero attached hydrogens (tertiary/aromatic N) is 1. The Hall–Kier alpha value is -2.89. The van der Waals surface area contributed by atoms with Crippen molar-refractivity contribution in [2.24, 2.45) is 0 Å². The predicted molar refractivity (Wildman–Crippen MR) is 111 cm³/mol. The van der Waals surface area contributed by atoms with Crippen LogP contribution in [-0.4, -0.2) is 43.8 Å². The van der Waals surface area contributed by atoms with Crippen LogP contribution in [0.5, 0.6) is 17.2 Å². The van der Waals surface area contributed by atoms with Gasteiger partial charge in [-0.1, -0.05) is 24.3 Å². The van der Waals surface area contributed by atoms with E-state index in [0.717, 1.165) is 37.0 Å². The number of fused-ring (bicyclic) bond motifs is 1. The number of carbonyl (C=O) groups excluding carboxylic acids is 1. The van der Waals surface area contributed by atoms with E-state index in [1.807, 2.05) is 29.2 Å². The van der Waals surface area contributed by atoms with Crippen molar-refractivity contribution in [3.05, 3.63) is 53.6 Å². The van der Waals surface area contributed by atoms with Gasteiger partial charge in [-0.15, -0.1) is 0 Å². The number of aryl methyl sites for hydroxylation is 1. The Kier molecular flexibility index (Phi) is 5.51. The first kappa shape index (κ1) is 19.4. The van der Waals surface area contributed by atoms with Gasteiger partial charge in [0.15, 0.2) is 11.5 Å². The highest BCUT2D eigenvalue weighted by atomic mass is 16.5. The third-order valence-electron chi connectivity index (χ3n) is 6.00. The van der Waals surface area contributed by atoms with Gasteiger partial charge in [-0.2, -0.15) is 0 Å². The predicted octanol–water partition coefficient (Wildman–Crippen LogP) is 3.77. The first-order chi connectivity index (χ1) is 14.1. The van der Waals surface area contributed by atoms with Crippen LogP contribution < -0.4 is 19.5 Å². The standard InChI is InChI=1S/C23H28N2O4/c1-27-20-8-7-17(15-21(20)28-2)16-24-22(26)25-13-11-23(12-14-25)10-9-18-5-3-4-6-19(18)29-23/h3-8,15H,9-14,16H2,1-2H3,(H,24,26). The first-order valence-electron chi connectivity index (χ1n) is 10.1. The first-order valence-corrected chi connectivity index (χ1v) is 10.1. The van der Waals surface area contributed by atoms with Gasteiger partial charge < -0.3 is 24.4 Å². The lowest BCUT2D eigenvalue weighted by molar-refractivity contribution is -0.00553. The van der Waals surface area contributed by atoms with Gasteiger partial charge in [0.05, 0.1) is 14.2 Å². The van der Waals surface area contributed by atoms with Crippen molar-refractivity contribution in [1.29, 1.82) is 0 Å². The van der Waals surface area contributed by atoms with Gasteiger partial charge in [-0.05, 0) is 42.2 Å². The molecule has 0 unspecified atom stereocenters. The number of ether oxygens (including phenoxy) is 3. The largest absolute Gasteiger partial charge is 0.493 e. The second kappa shape index (κ2) is 8.23. The maximum Gasteiger partial charge on any atom is 0.317 e. The molecule has 0 bridgehead atoms. The Morgan fingerprint density at radius 2 is 1.83 bits per heavy atom. The third kappa shape index (κ3) is 4.11. The fourth-order valence-corrected chi connectivity index (χ4v) is 4.21. The summed E-state index contributed by atoms with van der Waals surface area (Å²) < 4.78 is 17.0. The summed E-state index contributed by atoms with van der Waals surface area (Å²) in [7, 11) is 3.21. The summed E-state index contributed by atoms with van der Waals surface area (Å²) in [5, 5.41) is 3.01. The van der Waals surface area contributed by atoms with Crippen molar-refractivity contribution in [2.75, 3.05) is 27.3 Å². The van der Waals surface area contributed by atoms with Gasteiger partial charge in [0.25, 0.3) is 0 Å². The monoisotopic (exact) mass is 396 g/mol. The summed E-state index contributed by atoms with van der Waals surface area (Å²) in [6.45, 7) is 1.87. The number of hydrogen-bond acceptors (Lipinski definition) is 4. The Morgan fingerprint density at radius 1 is 1.07 bits per heavy atom. The molecule has 2 aromatic carbocycles. The summed E-state index contributed by atoms with van der Waals surface area (Å²) in [6.07, 6.45) is 3.79. The van der Waals surface area contributed by atoms with E-state index in [1.54, 1.807) is 14.2 Å². The Balaban J connectivity index is 1.31. The van der Waals surface area contributed by atoms with E-state index in [-0.39, 0.29) is 11.6 Å². The minimum Gasteiger partial charge on any atom is -0.493 e. The number of benzene rings is 2. The van der Waals surface area contributed by atoms with Crippen LogP contribution in [0.3, 0.4) is 0 Å². The van der Waals surface area contributed by atoms with Crippen LogP contribution in [0.4, 0.5) is 4.79 Å². The molecule has 2 aliphatic rings. The number of para-hydroxylation sites is 1. The van der Waals surface area contributed by atoms with Crippen LogP contribution in [0.15, 0.2) is 42.5 Å². The van der Waals surface area contributed by atoms with Gasteiger partial charge in [-0.3, -0.25) is 0 Å². The summed E-state index contributed by atoms with van der Waals surface area (Å²) in [5.74, 6) is 2.34. The molecule has 1 spiro atoms. The van der Waals surface area contributed by atoms with Gasteiger partial charge in [0.2, 0.25) is 0 Å². The summed E-state index contributed by atoms with van der Waals surface area (Å²) in [5.41, 5.74) is 2.12. The van der Waals surface area contributed by atoms with Crippen LogP contribution in [-0.2, 0) is 13.0 Å². The van der Waals surface area contributed by atoms with E-state index >= 15 is 0 Å². The minimum atomic E-state index is -0.130. The zero-order valence-corrected chi connectivity index (χ0v) is 17.1. The van der Waals surface area contributed by atoms with Crippen molar-refractivity contribution in [3.8, 4) is 17.2 Å². The number of likely N-dealkylation sites (tertiary alicyclic amines) is 1. The molecule has 1 fully saturated rings. The van der Waals surface area contributed by atoms with E-state index in [2.05, 4.69) is 23.5 Å². The van der Waals surface area contributed by atoms with Gasteiger partial charge >= 0.3 is 6.03 Å². The molecular formula is C23H28N2O4. The van der Waals surface area contributed by atoms with E-state index in [1.165, 1.54) is 5.56 Å². The number of nitrogens with one attached hydrogen (secondary N) is 1. The molecule has 4 rings (SSSR count). The van der Waals surface area contributed by atoms with Crippen molar-refractivity contribution < 1.29 is 19.0 Å². The Morgan fingerprint density at radius 3 is 2.59 bits per heavy atom. The molecule has 2 amide bonds. The smallest absolute Gasteiger partial charge is 0.317 e. The fraction of sp³-hybridized carbons (Fsp3) is 0.435. The molecule has 0 aromatic heterocycles. The molecule has 6 nitrogen and oxygen atoms in total. The molecule has 0 aliphatic carbocycles. The molecular weight excluding hydrogens is 368 g/mol. The second-order valence-electron chi connectivity index (χ2n) is 7.73. The quantitative estimate of drug-likeness (QED) is 0.855. The number of piperidine rings is 1. The normalized spacial score (nSPS) is 17.2. The van der Waals surface area contributed by atoms with Crippen LogP contribution in [0, 0.1) is 0 Å². The maximum atomic E-state index is 12.6. The van der Waals surface area contributed by atoms with Crippen molar-refractivity contribution in [3.63, 3.8) is 0 Å². The molecule has 2 aromatic rings. The number of methoxy groups -OCH3 is 2.